The fraction of sp³-hybridized carbons (Fsp3) is 0.600. The monoisotopic (exact) mass is 376 g/mol. The minimum absolute atomic E-state index is 0.0601. The number of carbonyl (C=O) groups is 2. The van der Waals surface area contributed by atoms with Crippen LogP contribution in [0.1, 0.15) is 25.7 Å². The van der Waals surface area contributed by atoms with Crippen LogP contribution in [0.5, 0.6) is 11.5 Å². The number of hydrogen-bond acceptors (Lipinski definition) is 5. The van der Waals surface area contributed by atoms with Crippen LogP contribution >= 0.6 is 0 Å². The topological polar surface area (TPSA) is 77.1 Å². The highest BCUT2D eigenvalue weighted by Gasteiger charge is 2.35. The Kier molecular flexibility index (Phi) is 6.55. The van der Waals surface area contributed by atoms with Gasteiger partial charge in [-0.1, -0.05) is 0 Å². The van der Waals surface area contributed by atoms with Crippen LogP contribution in [0.4, 0.5) is 5.69 Å². The maximum atomic E-state index is 12.4. The van der Waals surface area contributed by atoms with Gasteiger partial charge in [-0.3, -0.25) is 9.59 Å². The van der Waals surface area contributed by atoms with E-state index in [0.29, 0.717) is 36.9 Å². The molecule has 0 spiro atoms. The van der Waals surface area contributed by atoms with Crippen LogP contribution in [-0.4, -0.2) is 52.3 Å². The number of anilines is 1. The van der Waals surface area contributed by atoms with Gasteiger partial charge in [0.15, 0.2) is 11.5 Å². The molecule has 1 aliphatic carbocycles. The maximum absolute atomic E-state index is 12.4. The van der Waals surface area contributed by atoms with Crippen LogP contribution in [0, 0.1) is 11.8 Å². The molecule has 1 atom stereocenters. The molecule has 7 heteroatoms. The highest BCUT2D eigenvalue weighted by Crippen LogP contribution is 2.34. The fourth-order valence-corrected chi connectivity index (χ4v) is 3.19. The highest BCUT2D eigenvalue weighted by atomic mass is 16.5. The van der Waals surface area contributed by atoms with Crippen molar-refractivity contribution < 1.29 is 23.8 Å². The Balaban J connectivity index is 1.46. The molecule has 1 saturated heterocycles. The van der Waals surface area contributed by atoms with Crippen molar-refractivity contribution >= 4 is 17.5 Å². The van der Waals surface area contributed by atoms with Crippen molar-refractivity contribution in [3.05, 3.63) is 18.2 Å². The standard InChI is InChI=1S/C20H28N2O5/c1-25-17-7-6-16(11-18(17)26-2)22-12-15(10-19(22)23)20(24)21-8-3-9-27-13-14-4-5-14/h6-7,11,14-15H,3-5,8-10,12-13H2,1-2H3,(H,21,24). The van der Waals surface area contributed by atoms with Crippen molar-refractivity contribution in [3.63, 3.8) is 0 Å². The molecule has 3 rings (SSSR count). The van der Waals surface area contributed by atoms with E-state index in [1.54, 1.807) is 37.3 Å². The molecule has 27 heavy (non-hydrogen) atoms. The Morgan fingerprint density at radius 1 is 1.22 bits per heavy atom. The van der Waals surface area contributed by atoms with Crippen molar-refractivity contribution in [2.75, 3.05) is 45.4 Å². The molecule has 1 aliphatic heterocycles. The van der Waals surface area contributed by atoms with Crippen molar-refractivity contribution in [3.8, 4) is 11.5 Å². The molecule has 1 aromatic carbocycles. The van der Waals surface area contributed by atoms with Gasteiger partial charge in [0.2, 0.25) is 11.8 Å². The predicted octanol–water partition coefficient (Wildman–Crippen LogP) is 1.99. The van der Waals surface area contributed by atoms with Gasteiger partial charge in [-0.15, -0.1) is 0 Å². The number of rotatable bonds is 10. The zero-order chi connectivity index (χ0) is 19.2. The third kappa shape index (κ3) is 5.13. The van der Waals surface area contributed by atoms with E-state index < -0.39 is 0 Å². The molecule has 1 heterocycles. The predicted molar refractivity (Wildman–Crippen MR) is 101 cm³/mol. The summed E-state index contributed by atoms with van der Waals surface area (Å²) in [5.41, 5.74) is 0.710. The molecule has 0 aromatic heterocycles. The number of nitrogens with one attached hydrogen (secondary N) is 1. The van der Waals surface area contributed by atoms with Gasteiger partial charge in [0.05, 0.1) is 20.1 Å². The van der Waals surface area contributed by atoms with Gasteiger partial charge in [0, 0.05) is 44.5 Å². The summed E-state index contributed by atoms with van der Waals surface area (Å²) in [6.07, 6.45) is 3.57. The van der Waals surface area contributed by atoms with E-state index in [0.717, 1.165) is 18.9 Å². The average molecular weight is 376 g/mol. The Morgan fingerprint density at radius 2 is 2.00 bits per heavy atom. The van der Waals surface area contributed by atoms with Crippen LogP contribution in [0.2, 0.25) is 0 Å². The number of nitrogens with zero attached hydrogens (tertiary/aromatic N) is 1. The van der Waals surface area contributed by atoms with Crippen LogP contribution in [0.25, 0.3) is 0 Å². The molecule has 7 nitrogen and oxygen atoms in total. The van der Waals surface area contributed by atoms with E-state index in [1.807, 2.05) is 0 Å². The quantitative estimate of drug-likeness (QED) is 0.632. The number of benzene rings is 1. The molecule has 148 valence electrons. The molecule has 2 aliphatic rings. The summed E-state index contributed by atoms with van der Waals surface area (Å²) in [5, 5.41) is 2.92. The lowest BCUT2D eigenvalue weighted by Crippen LogP contribution is -2.33. The van der Waals surface area contributed by atoms with Gasteiger partial charge in [0.25, 0.3) is 0 Å². The first kappa shape index (κ1) is 19.5. The van der Waals surface area contributed by atoms with E-state index in [2.05, 4.69) is 5.32 Å². The number of methoxy groups -OCH3 is 2. The Hall–Kier alpha value is -2.28. The molecular weight excluding hydrogens is 348 g/mol. The second-order valence-corrected chi connectivity index (χ2v) is 7.11. The summed E-state index contributed by atoms with van der Waals surface area (Å²) in [6.45, 7) is 2.45. The first-order valence-electron chi connectivity index (χ1n) is 9.50. The lowest BCUT2D eigenvalue weighted by Gasteiger charge is -2.18. The van der Waals surface area contributed by atoms with Gasteiger partial charge in [0.1, 0.15) is 0 Å². The molecule has 2 fully saturated rings. The lowest BCUT2D eigenvalue weighted by atomic mass is 10.1. The second-order valence-electron chi connectivity index (χ2n) is 7.11. The van der Waals surface area contributed by atoms with Gasteiger partial charge in [-0.2, -0.15) is 0 Å². The third-order valence-electron chi connectivity index (χ3n) is 4.99. The molecule has 1 N–H and O–H groups in total. The normalized spacial score (nSPS) is 19.3. The van der Waals surface area contributed by atoms with Crippen molar-refractivity contribution in [1.82, 2.24) is 5.32 Å². The second kappa shape index (κ2) is 9.08. The molecule has 2 amide bonds. The molecular formula is C20H28N2O5. The van der Waals surface area contributed by atoms with Gasteiger partial charge in [-0.25, -0.2) is 0 Å². The number of hydrogen-bond donors (Lipinski definition) is 1. The van der Waals surface area contributed by atoms with Crippen molar-refractivity contribution in [2.24, 2.45) is 11.8 Å². The average Bonchev–Trinajstić information content (AvgIpc) is 3.43. The van der Waals surface area contributed by atoms with E-state index >= 15 is 0 Å². The zero-order valence-corrected chi connectivity index (χ0v) is 16.0. The summed E-state index contributed by atoms with van der Waals surface area (Å²) >= 11 is 0. The third-order valence-corrected chi connectivity index (χ3v) is 4.99. The van der Waals surface area contributed by atoms with E-state index in [4.69, 9.17) is 14.2 Å². The highest BCUT2D eigenvalue weighted by molar-refractivity contribution is 6.00. The van der Waals surface area contributed by atoms with Crippen molar-refractivity contribution in [1.29, 1.82) is 0 Å². The first-order chi connectivity index (χ1) is 13.1. The largest absolute Gasteiger partial charge is 0.493 e. The van der Waals surface area contributed by atoms with Gasteiger partial charge < -0.3 is 24.4 Å². The van der Waals surface area contributed by atoms with Crippen LogP contribution in [0.15, 0.2) is 18.2 Å². The summed E-state index contributed by atoms with van der Waals surface area (Å²) in [4.78, 5) is 26.4. The van der Waals surface area contributed by atoms with Gasteiger partial charge >= 0.3 is 0 Å². The van der Waals surface area contributed by atoms with Crippen LogP contribution < -0.4 is 19.7 Å². The maximum Gasteiger partial charge on any atom is 0.227 e. The Bertz CT molecular complexity index is 674. The minimum Gasteiger partial charge on any atom is -0.493 e. The summed E-state index contributed by atoms with van der Waals surface area (Å²) in [5.74, 6) is 1.45. The van der Waals surface area contributed by atoms with Crippen LogP contribution in [0.3, 0.4) is 0 Å². The summed E-state index contributed by atoms with van der Waals surface area (Å²) in [6, 6.07) is 5.32. The smallest absolute Gasteiger partial charge is 0.227 e. The molecule has 1 unspecified atom stereocenters. The van der Waals surface area contributed by atoms with E-state index in [-0.39, 0.29) is 24.2 Å². The minimum atomic E-state index is -0.335. The molecule has 0 bridgehead atoms. The lowest BCUT2D eigenvalue weighted by molar-refractivity contribution is -0.126. The fourth-order valence-electron chi connectivity index (χ4n) is 3.19. The SMILES string of the molecule is COc1ccc(N2CC(C(=O)NCCCOCC3CC3)CC2=O)cc1OC. The molecule has 0 radical (unpaired) electrons. The summed E-state index contributed by atoms with van der Waals surface area (Å²) < 4.78 is 16.1. The van der Waals surface area contributed by atoms with Gasteiger partial charge in [-0.05, 0) is 37.3 Å². The number of amides is 2. The summed E-state index contributed by atoms with van der Waals surface area (Å²) in [7, 11) is 3.12. The first-order valence-corrected chi connectivity index (χ1v) is 9.50. The molecule has 1 aromatic rings. The Morgan fingerprint density at radius 3 is 2.70 bits per heavy atom. The van der Waals surface area contributed by atoms with E-state index in [9.17, 15) is 9.59 Å². The Labute approximate surface area is 160 Å². The van der Waals surface area contributed by atoms with E-state index in [1.165, 1.54) is 12.8 Å². The molecule has 1 saturated carbocycles. The zero-order valence-electron chi connectivity index (χ0n) is 16.0. The van der Waals surface area contributed by atoms with Crippen LogP contribution in [-0.2, 0) is 14.3 Å². The number of ether oxygens (including phenoxy) is 3. The number of carbonyl (C=O) groups excluding carboxylic acids is 2. The van der Waals surface area contributed by atoms with Crippen molar-refractivity contribution in [2.45, 2.75) is 25.7 Å².